The molecule has 0 aliphatic carbocycles. The van der Waals surface area contributed by atoms with E-state index in [2.05, 4.69) is 25.9 Å². The van der Waals surface area contributed by atoms with Crippen LogP contribution in [-0.4, -0.2) is 9.97 Å². The lowest BCUT2D eigenvalue weighted by atomic mass is 10.5. The van der Waals surface area contributed by atoms with E-state index >= 15 is 0 Å². The highest BCUT2D eigenvalue weighted by Gasteiger charge is 1.99. The second kappa shape index (κ2) is 3.85. The van der Waals surface area contributed by atoms with Gasteiger partial charge in [-0.2, -0.15) is 0 Å². The van der Waals surface area contributed by atoms with Crippen molar-refractivity contribution < 1.29 is 4.74 Å². The molecule has 2 aromatic rings. The Balaban J connectivity index is 2.19. The van der Waals surface area contributed by atoms with Crippen LogP contribution in [0, 0.1) is 0 Å². The molecule has 0 fully saturated rings. The van der Waals surface area contributed by atoms with Crippen LogP contribution in [0.15, 0.2) is 34.5 Å². The van der Waals surface area contributed by atoms with E-state index in [1.165, 1.54) is 11.3 Å². The summed E-state index contributed by atoms with van der Waals surface area (Å²) in [7, 11) is 0. The second-order valence-electron chi connectivity index (χ2n) is 2.24. The Labute approximate surface area is 87.5 Å². The average Bonchev–Trinajstić information content (AvgIpc) is 2.57. The third kappa shape index (κ3) is 2.26. The summed E-state index contributed by atoms with van der Waals surface area (Å²) in [5.41, 5.74) is 0. The van der Waals surface area contributed by atoms with Gasteiger partial charge in [0.25, 0.3) is 5.19 Å². The van der Waals surface area contributed by atoms with Crippen molar-refractivity contribution in [3.63, 3.8) is 0 Å². The van der Waals surface area contributed by atoms with Crippen molar-refractivity contribution in [2.45, 2.75) is 0 Å². The average molecular weight is 257 g/mol. The molecule has 0 amide bonds. The fraction of sp³-hybridized carbons (Fsp3) is 0. The summed E-state index contributed by atoms with van der Waals surface area (Å²) in [4.78, 5) is 7.96. The molecule has 0 unspecified atom stereocenters. The first-order chi connectivity index (χ1) is 6.34. The number of aromatic nitrogens is 2. The lowest BCUT2D eigenvalue weighted by molar-refractivity contribution is 0.476. The van der Waals surface area contributed by atoms with Gasteiger partial charge in [0.05, 0.1) is 6.20 Å². The lowest BCUT2D eigenvalue weighted by Gasteiger charge is -1.99. The van der Waals surface area contributed by atoms with Gasteiger partial charge in [-0.05, 0) is 22.0 Å². The van der Waals surface area contributed by atoms with Crippen molar-refractivity contribution in [3.8, 4) is 10.9 Å². The SMILES string of the molecule is Brc1cncc(Oc2nccs2)c1. The largest absolute Gasteiger partial charge is 0.429 e. The Hall–Kier alpha value is -0.940. The van der Waals surface area contributed by atoms with E-state index in [-0.39, 0.29) is 0 Å². The third-order valence-electron chi connectivity index (χ3n) is 1.29. The minimum absolute atomic E-state index is 0.625. The van der Waals surface area contributed by atoms with E-state index in [9.17, 15) is 0 Å². The predicted octanol–water partition coefficient (Wildman–Crippen LogP) is 3.09. The Kier molecular flexibility index (Phi) is 2.56. The summed E-state index contributed by atoms with van der Waals surface area (Å²) in [5.74, 6) is 0.685. The quantitative estimate of drug-likeness (QED) is 0.829. The molecule has 2 heterocycles. The first-order valence-electron chi connectivity index (χ1n) is 3.52. The summed E-state index contributed by atoms with van der Waals surface area (Å²) in [6.07, 6.45) is 5.05. The molecular formula is C8H5BrN2OS. The standard InChI is InChI=1S/C8H5BrN2OS/c9-6-3-7(5-10-4-6)12-8-11-1-2-13-8/h1-5H. The Morgan fingerprint density at radius 2 is 2.31 bits per heavy atom. The molecule has 0 aliphatic heterocycles. The zero-order valence-corrected chi connectivity index (χ0v) is 8.88. The van der Waals surface area contributed by atoms with E-state index in [0.717, 1.165) is 4.47 Å². The van der Waals surface area contributed by atoms with Crippen LogP contribution in [0.3, 0.4) is 0 Å². The van der Waals surface area contributed by atoms with Crippen molar-refractivity contribution in [2.24, 2.45) is 0 Å². The van der Waals surface area contributed by atoms with Gasteiger partial charge in [0.15, 0.2) is 0 Å². The maximum Gasteiger partial charge on any atom is 0.278 e. The van der Waals surface area contributed by atoms with Crippen LogP contribution in [0.5, 0.6) is 10.9 Å². The maximum atomic E-state index is 5.41. The number of ether oxygens (including phenoxy) is 1. The minimum atomic E-state index is 0.625. The third-order valence-corrected chi connectivity index (χ3v) is 2.38. The Morgan fingerprint density at radius 1 is 1.38 bits per heavy atom. The topological polar surface area (TPSA) is 35.0 Å². The molecule has 66 valence electrons. The van der Waals surface area contributed by atoms with Crippen LogP contribution in [0.25, 0.3) is 0 Å². The number of rotatable bonds is 2. The molecule has 0 spiro atoms. The van der Waals surface area contributed by atoms with Gasteiger partial charge in [-0.3, -0.25) is 4.98 Å². The first-order valence-corrected chi connectivity index (χ1v) is 5.20. The van der Waals surface area contributed by atoms with E-state index in [0.29, 0.717) is 10.9 Å². The smallest absolute Gasteiger partial charge is 0.278 e. The van der Waals surface area contributed by atoms with Crippen LogP contribution in [-0.2, 0) is 0 Å². The summed E-state index contributed by atoms with van der Waals surface area (Å²) >= 11 is 4.75. The summed E-state index contributed by atoms with van der Waals surface area (Å²) in [6, 6.07) is 1.84. The van der Waals surface area contributed by atoms with Crippen molar-refractivity contribution in [1.82, 2.24) is 9.97 Å². The second-order valence-corrected chi connectivity index (χ2v) is 4.01. The van der Waals surface area contributed by atoms with E-state index in [1.807, 2.05) is 11.4 Å². The first kappa shape index (κ1) is 8.65. The number of halogens is 1. The summed E-state index contributed by atoms with van der Waals surface area (Å²) in [6.45, 7) is 0. The maximum absolute atomic E-state index is 5.41. The molecule has 0 atom stereocenters. The van der Waals surface area contributed by atoms with Gasteiger partial charge in [-0.15, -0.1) is 0 Å². The van der Waals surface area contributed by atoms with Gasteiger partial charge in [0.2, 0.25) is 0 Å². The fourth-order valence-electron chi connectivity index (χ4n) is 0.810. The van der Waals surface area contributed by atoms with Gasteiger partial charge in [-0.25, -0.2) is 4.98 Å². The zero-order chi connectivity index (χ0) is 9.10. The van der Waals surface area contributed by atoms with Crippen molar-refractivity contribution in [3.05, 3.63) is 34.5 Å². The number of hydrogen-bond acceptors (Lipinski definition) is 4. The molecule has 2 rings (SSSR count). The monoisotopic (exact) mass is 256 g/mol. The van der Waals surface area contributed by atoms with Gasteiger partial charge >= 0.3 is 0 Å². The highest BCUT2D eigenvalue weighted by molar-refractivity contribution is 9.10. The van der Waals surface area contributed by atoms with Crippen molar-refractivity contribution >= 4 is 27.3 Å². The predicted molar refractivity (Wildman–Crippen MR) is 54.1 cm³/mol. The Morgan fingerprint density at radius 3 is 3.00 bits per heavy atom. The van der Waals surface area contributed by atoms with Crippen LogP contribution in [0.4, 0.5) is 0 Å². The van der Waals surface area contributed by atoms with Crippen molar-refractivity contribution in [2.75, 3.05) is 0 Å². The molecule has 0 aliphatic rings. The number of hydrogen-bond donors (Lipinski definition) is 0. The normalized spacial score (nSPS) is 9.92. The highest BCUT2D eigenvalue weighted by atomic mass is 79.9. The van der Waals surface area contributed by atoms with Crippen molar-refractivity contribution in [1.29, 1.82) is 0 Å². The summed E-state index contributed by atoms with van der Waals surface area (Å²) in [5, 5.41) is 2.49. The van der Waals surface area contributed by atoms with Crippen LogP contribution in [0.1, 0.15) is 0 Å². The number of pyridine rings is 1. The number of thiazole rings is 1. The Bertz CT molecular complexity index is 391. The lowest BCUT2D eigenvalue weighted by Crippen LogP contribution is -1.83. The molecule has 0 saturated heterocycles. The number of nitrogens with zero attached hydrogens (tertiary/aromatic N) is 2. The molecule has 3 nitrogen and oxygen atoms in total. The van der Waals surface area contributed by atoms with Gasteiger partial charge in [-0.1, -0.05) is 11.3 Å². The molecule has 0 N–H and O–H groups in total. The van der Waals surface area contributed by atoms with E-state index < -0.39 is 0 Å². The molecule has 0 aromatic carbocycles. The molecule has 2 aromatic heterocycles. The molecule has 13 heavy (non-hydrogen) atoms. The minimum Gasteiger partial charge on any atom is -0.429 e. The van der Waals surface area contributed by atoms with E-state index in [4.69, 9.17) is 4.74 Å². The molecule has 0 radical (unpaired) electrons. The fourth-order valence-corrected chi connectivity index (χ4v) is 1.66. The van der Waals surface area contributed by atoms with Crippen LogP contribution >= 0.6 is 27.3 Å². The zero-order valence-electron chi connectivity index (χ0n) is 6.48. The van der Waals surface area contributed by atoms with Crippen LogP contribution in [0.2, 0.25) is 0 Å². The molecule has 0 saturated carbocycles. The summed E-state index contributed by atoms with van der Waals surface area (Å²) < 4.78 is 6.30. The molecule has 0 bridgehead atoms. The van der Waals surface area contributed by atoms with Gasteiger partial charge in [0.1, 0.15) is 5.75 Å². The highest BCUT2D eigenvalue weighted by Crippen LogP contribution is 2.24. The van der Waals surface area contributed by atoms with Gasteiger partial charge < -0.3 is 4.74 Å². The van der Waals surface area contributed by atoms with Gasteiger partial charge in [0, 0.05) is 22.2 Å². The van der Waals surface area contributed by atoms with Crippen LogP contribution < -0.4 is 4.74 Å². The van der Waals surface area contributed by atoms with E-state index in [1.54, 1.807) is 18.6 Å². The molecular weight excluding hydrogens is 252 g/mol. The molecule has 5 heteroatoms.